The molecule has 2 aromatic carbocycles. The van der Waals surface area contributed by atoms with Gasteiger partial charge in [0.1, 0.15) is 0 Å². The maximum absolute atomic E-state index is 4.09. The van der Waals surface area contributed by atoms with Crippen LogP contribution in [0, 0.1) is 6.92 Å². The smallest absolute Gasteiger partial charge is 0.0535 e. The van der Waals surface area contributed by atoms with Crippen LogP contribution in [0.15, 0.2) is 60.8 Å². The summed E-state index contributed by atoms with van der Waals surface area (Å²) in [5.41, 5.74) is 6.51. The largest absolute Gasteiger partial charge is 0.369 e. The summed E-state index contributed by atoms with van der Waals surface area (Å²) < 4.78 is 0. The Bertz CT molecular complexity index is 865. The highest BCUT2D eigenvalue weighted by Crippen LogP contribution is 2.18. The van der Waals surface area contributed by atoms with Crippen molar-refractivity contribution in [2.45, 2.75) is 26.6 Å². The van der Waals surface area contributed by atoms with Gasteiger partial charge in [-0.1, -0.05) is 42.5 Å². The van der Waals surface area contributed by atoms with E-state index in [2.05, 4.69) is 86.8 Å². The van der Waals surface area contributed by atoms with Crippen molar-refractivity contribution < 1.29 is 0 Å². The van der Waals surface area contributed by atoms with Gasteiger partial charge in [0.25, 0.3) is 0 Å². The second-order valence-corrected chi connectivity index (χ2v) is 7.49. The monoisotopic (exact) mass is 375 g/mol. The van der Waals surface area contributed by atoms with E-state index in [1.54, 1.807) is 0 Å². The van der Waals surface area contributed by atoms with Crippen molar-refractivity contribution >= 4 is 5.69 Å². The highest BCUT2D eigenvalue weighted by Gasteiger charge is 2.18. The molecule has 28 heavy (non-hydrogen) atoms. The third-order valence-electron chi connectivity index (χ3n) is 5.57. The zero-order chi connectivity index (χ0) is 19.2. The summed E-state index contributed by atoms with van der Waals surface area (Å²) in [5.74, 6) is 0. The zero-order valence-corrected chi connectivity index (χ0v) is 16.6. The number of hydrogen-bond donors (Lipinski definition) is 2. The molecule has 1 aliphatic rings. The van der Waals surface area contributed by atoms with Crippen LogP contribution in [0.1, 0.15) is 22.4 Å². The van der Waals surface area contributed by atoms with Crippen molar-refractivity contribution in [1.29, 1.82) is 0 Å². The summed E-state index contributed by atoms with van der Waals surface area (Å²) >= 11 is 0. The van der Waals surface area contributed by atoms with Crippen LogP contribution >= 0.6 is 0 Å². The van der Waals surface area contributed by atoms with Gasteiger partial charge < -0.3 is 10.2 Å². The lowest BCUT2D eigenvalue weighted by Gasteiger charge is -2.36. The van der Waals surface area contributed by atoms with E-state index in [4.69, 9.17) is 0 Å². The number of aryl methyl sites for hydroxylation is 1. The van der Waals surface area contributed by atoms with Crippen LogP contribution in [0.5, 0.6) is 0 Å². The molecular weight excluding hydrogens is 346 g/mol. The fourth-order valence-corrected chi connectivity index (χ4v) is 3.81. The molecule has 3 aromatic rings. The first-order valence-electron chi connectivity index (χ1n) is 10.1. The lowest BCUT2D eigenvalue weighted by Crippen LogP contribution is -2.46. The normalized spacial score (nSPS) is 15.1. The van der Waals surface area contributed by atoms with Gasteiger partial charge in [-0.2, -0.15) is 5.10 Å². The summed E-state index contributed by atoms with van der Waals surface area (Å²) in [6.45, 7) is 9.18. The second-order valence-electron chi connectivity index (χ2n) is 7.49. The van der Waals surface area contributed by atoms with Crippen LogP contribution in [0.2, 0.25) is 0 Å². The number of para-hydroxylation sites is 1. The molecule has 0 bridgehead atoms. The number of anilines is 1. The van der Waals surface area contributed by atoms with E-state index in [0.717, 1.165) is 51.5 Å². The highest BCUT2D eigenvalue weighted by molar-refractivity contribution is 5.46. The van der Waals surface area contributed by atoms with Gasteiger partial charge >= 0.3 is 0 Å². The molecule has 0 aliphatic carbocycles. The molecule has 2 heterocycles. The first-order valence-corrected chi connectivity index (χ1v) is 10.1. The van der Waals surface area contributed by atoms with Crippen LogP contribution < -0.4 is 10.2 Å². The molecule has 0 atom stereocenters. The molecule has 0 unspecified atom stereocenters. The van der Waals surface area contributed by atoms with Crippen molar-refractivity contribution in [3.05, 3.63) is 83.2 Å². The van der Waals surface area contributed by atoms with Gasteiger partial charge in [-0.25, -0.2) is 0 Å². The third kappa shape index (κ3) is 4.61. The fourth-order valence-electron chi connectivity index (χ4n) is 3.81. The summed E-state index contributed by atoms with van der Waals surface area (Å²) in [6.07, 6.45) is 1.90. The Hall–Kier alpha value is -2.63. The second kappa shape index (κ2) is 9.04. The minimum atomic E-state index is 0.840. The number of H-pyrrole nitrogens is 1. The molecule has 0 radical (unpaired) electrons. The first kappa shape index (κ1) is 18.7. The Morgan fingerprint density at radius 2 is 1.54 bits per heavy atom. The van der Waals surface area contributed by atoms with Gasteiger partial charge in [0, 0.05) is 62.8 Å². The summed E-state index contributed by atoms with van der Waals surface area (Å²) in [4.78, 5) is 5.05. The lowest BCUT2D eigenvalue weighted by atomic mass is 10.1. The number of aromatic nitrogens is 2. The molecule has 2 N–H and O–H groups in total. The number of nitrogens with zero attached hydrogens (tertiary/aromatic N) is 3. The van der Waals surface area contributed by atoms with Gasteiger partial charge in [-0.15, -0.1) is 0 Å². The standard InChI is InChI=1S/C23H29N5/c1-19-22(17-25-26-19)16-24-15-20-7-5-6-8-21(20)18-27-11-13-28(14-12-27)23-9-3-2-4-10-23/h2-10,17,24H,11-16,18H2,1H3,(H,25,26). The van der Waals surface area contributed by atoms with Crippen LogP contribution in [0.4, 0.5) is 5.69 Å². The molecule has 1 fully saturated rings. The summed E-state index contributed by atoms with van der Waals surface area (Å²) in [7, 11) is 0. The minimum absolute atomic E-state index is 0.840. The molecule has 5 nitrogen and oxygen atoms in total. The van der Waals surface area contributed by atoms with E-state index in [9.17, 15) is 0 Å². The average molecular weight is 376 g/mol. The van der Waals surface area contributed by atoms with Crippen LogP contribution in [-0.4, -0.2) is 41.3 Å². The molecular formula is C23H29N5. The van der Waals surface area contributed by atoms with Crippen molar-refractivity contribution in [3.8, 4) is 0 Å². The van der Waals surface area contributed by atoms with Gasteiger partial charge in [-0.05, 0) is 30.2 Å². The van der Waals surface area contributed by atoms with Crippen molar-refractivity contribution in [2.75, 3.05) is 31.1 Å². The number of benzene rings is 2. The predicted molar refractivity (Wildman–Crippen MR) is 114 cm³/mol. The van der Waals surface area contributed by atoms with Crippen LogP contribution in [-0.2, 0) is 19.6 Å². The number of piperazine rings is 1. The number of hydrogen-bond acceptors (Lipinski definition) is 4. The Kier molecular flexibility index (Phi) is 6.04. The Balaban J connectivity index is 1.31. The number of nitrogens with one attached hydrogen (secondary N) is 2. The Morgan fingerprint density at radius 1 is 0.857 bits per heavy atom. The molecule has 1 saturated heterocycles. The van der Waals surface area contributed by atoms with Gasteiger partial charge in [0.05, 0.1) is 6.20 Å². The number of aromatic amines is 1. The highest BCUT2D eigenvalue weighted by atomic mass is 15.3. The Labute approximate surface area is 167 Å². The van der Waals surface area contributed by atoms with E-state index in [1.807, 2.05) is 6.20 Å². The molecule has 4 rings (SSSR count). The van der Waals surface area contributed by atoms with E-state index in [0.29, 0.717) is 0 Å². The topological polar surface area (TPSA) is 47.2 Å². The quantitative estimate of drug-likeness (QED) is 0.665. The third-order valence-corrected chi connectivity index (χ3v) is 5.57. The first-order chi connectivity index (χ1) is 13.8. The molecule has 0 saturated carbocycles. The van der Waals surface area contributed by atoms with Crippen molar-refractivity contribution in [1.82, 2.24) is 20.4 Å². The fraction of sp³-hybridized carbons (Fsp3) is 0.348. The average Bonchev–Trinajstić information content (AvgIpc) is 3.15. The number of rotatable bonds is 7. The van der Waals surface area contributed by atoms with E-state index < -0.39 is 0 Å². The van der Waals surface area contributed by atoms with E-state index in [1.165, 1.54) is 22.4 Å². The van der Waals surface area contributed by atoms with E-state index >= 15 is 0 Å². The van der Waals surface area contributed by atoms with Gasteiger partial charge in [0.15, 0.2) is 0 Å². The maximum atomic E-state index is 4.09. The molecule has 146 valence electrons. The molecule has 0 spiro atoms. The Morgan fingerprint density at radius 3 is 2.25 bits per heavy atom. The summed E-state index contributed by atoms with van der Waals surface area (Å²) in [6, 6.07) is 19.5. The predicted octanol–water partition coefficient (Wildman–Crippen LogP) is 3.33. The van der Waals surface area contributed by atoms with Crippen molar-refractivity contribution in [3.63, 3.8) is 0 Å². The SMILES string of the molecule is Cc1[nH]ncc1CNCc1ccccc1CN1CCN(c2ccccc2)CC1. The van der Waals surface area contributed by atoms with Crippen molar-refractivity contribution in [2.24, 2.45) is 0 Å². The molecule has 1 aliphatic heterocycles. The van der Waals surface area contributed by atoms with Gasteiger partial charge in [-0.3, -0.25) is 10.00 Å². The molecule has 1 aromatic heterocycles. The zero-order valence-electron chi connectivity index (χ0n) is 16.6. The van der Waals surface area contributed by atoms with Gasteiger partial charge in [0.2, 0.25) is 0 Å². The van der Waals surface area contributed by atoms with Crippen LogP contribution in [0.25, 0.3) is 0 Å². The molecule has 0 amide bonds. The van der Waals surface area contributed by atoms with Crippen LogP contribution in [0.3, 0.4) is 0 Å². The molecule has 5 heteroatoms. The lowest BCUT2D eigenvalue weighted by molar-refractivity contribution is 0.249. The van der Waals surface area contributed by atoms with E-state index in [-0.39, 0.29) is 0 Å². The maximum Gasteiger partial charge on any atom is 0.0535 e. The summed E-state index contributed by atoms with van der Waals surface area (Å²) in [5, 5.41) is 10.7. The minimum Gasteiger partial charge on any atom is -0.369 e.